The second-order valence-corrected chi connectivity index (χ2v) is 7.21. The van der Waals surface area contributed by atoms with E-state index in [1.165, 1.54) is 0 Å². The summed E-state index contributed by atoms with van der Waals surface area (Å²) in [5.41, 5.74) is 2.88. The number of benzene rings is 2. The molecular weight excluding hydrogens is 380 g/mol. The van der Waals surface area contributed by atoms with Crippen LogP contribution in [0.5, 0.6) is 0 Å². The van der Waals surface area contributed by atoms with Gasteiger partial charge in [-0.2, -0.15) is 0 Å². The standard InChI is InChI=1S/C23H20N4O3/c28-21-16-9-6-10-17(25-23(29)26-19-11-4-5-13-24-19)20(16)22-27(21)18(12-14-30-22)15-7-2-1-3-8-15/h1-11,13,18,22H,12,14H2,(H2,24,25,26,29). The molecule has 2 unspecified atom stereocenters. The first-order valence-electron chi connectivity index (χ1n) is 9.83. The van der Waals surface area contributed by atoms with Gasteiger partial charge in [-0.15, -0.1) is 0 Å². The molecule has 0 bridgehead atoms. The summed E-state index contributed by atoms with van der Waals surface area (Å²) in [6.07, 6.45) is 1.80. The Balaban J connectivity index is 1.44. The van der Waals surface area contributed by atoms with E-state index in [0.717, 1.165) is 12.0 Å². The molecule has 1 saturated heterocycles. The number of nitrogens with one attached hydrogen (secondary N) is 2. The van der Waals surface area contributed by atoms with Crippen molar-refractivity contribution in [1.29, 1.82) is 0 Å². The van der Waals surface area contributed by atoms with Crippen LogP contribution in [0.15, 0.2) is 72.9 Å². The maximum atomic E-state index is 13.3. The third-order valence-corrected chi connectivity index (χ3v) is 5.41. The van der Waals surface area contributed by atoms with E-state index in [4.69, 9.17) is 4.74 Å². The Morgan fingerprint density at radius 3 is 2.63 bits per heavy atom. The molecule has 150 valence electrons. The predicted octanol–water partition coefficient (Wildman–Crippen LogP) is 4.34. The van der Waals surface area contributed by atoms with Crippen LogP contribution in [-0.4, -0.2) is 28.4 Å². The average molecular weight is 400 g/mol. The highest BCUT2D eigenvalue weighted by molar-refractivity contribution is 6.04. The van der Waals surface area contributed by atoms with Crippen molar-refractivity contribution in [2.24, 2.45) is 0 Å². The van der Waals surface area contributed by atoms with Gasteiger partial charge in [-0.25, -0.2) is 9.78 Å². The minimum atomic E-state index is -0.530. The van der Waals surface area contributed by atoms with Crippen LogP contribution >= 0.6 is 0 Å². The van der Waals surface area contributed by atoms with E-state index in [0.29, 0.717) is 29.2 Å². The number of amides is 3. The second kappa shape index (κ2) is 7.61. The number of carbonyl (C=O) groups excluding carboxylic acids is 2. The van der Waals surface area contributed by atoms with Crippen molar-refractivity contribution in [3.05, 3.63) is 89.6 Å². The Labute approximate surface area is 173 Å². The number of ether oxygens (including phenoxy) is 1. The quantitative estimate of drug-likeness (QED) is 0.685. The van der Waals surface area contributed by atoms with Crippen molar-refractivity contribution < 1.29 is 14.3 Å². The number of hydrogen-bond acceptors (Lipinski definition) is 4. The molecule has 3 heterocycles. The van der Waals surface area contributed by atoms with Crippen LogP contribution in [0.3, 0.4) is 0 Å². The number of rotatable bonds is 3. The minimum Gasteiger partial charge on any atom is -0.354 e. The van der Waals surface area contributed by atoms with Gasteiger partial charge in [-0.3, -0.25) is 10.1 Å². The summed E-state index contributed by atoms with van der Waals surface area (Å²) in [5, 5.41) is 5.55. The summed E-state index contributed by atoms with van der Waals surface area (Å²) in [7, 11) is 0. The molecule has 7 heteroatoms. The van der Waals surface area contributed by atoms with Crippen molar-refractivity contribution in [2.45, 2.75) is 18.7 Å². The van der Waals surface area contributed by atoms with E-state index in [9.17, 15) is 9.59 Å². The van der Waals surface area contributed by atoms with Gasteiger partial charge in [0.05, 0.1) is 18.3 Å². The van der Waals surface area contributed by atoms with E-state index >= 15 is 0 Å². The molecule has 0 radical (unpaired) electrons. The molecule has 0 saturated carbocycles. The lowest BCUT2D eigenvalue weighted by Gasteiger charge is -2.38. The minimum absolute atomic E-state index is 0.0694. The van der Waals surface area contributed by atoms with E-state index in [1.807, 2.05) is 30.3 Å². The molecule has 2 N–H and O–H groups in total. The number of anilines is 2. The number of hydrogen-bond donors (Lipinski definition) is 2. The van der Waals surface area contributed by atoms with E-state index in [-0.39, 0.29) is 11.9 Å². The maximum Gasteiger partial charge on any atom is 0.324 e. The number of nitrogens with zero attached hydrogens (tertiary/aromatic N) is 2. The summed E-state index contributed by atoms with van der Waals surface area (Å²) in [5.74, 6) is 0.357. The topological polar surface area (TPSA) is 83.6 Å². The first-order valence-corrected chi connectivity index (χ1v) is 9.83. The highest BCUT2D eigenvalue weighted by Crippen LogP contribution is 2.47. The summed E-state index contributed by atoms with van der Waals surface area (Å²) >= 11 is 0. The third-order valence-electron chi connectivity index (χ3n) is 5.41. The highest BCUT2D eigenvalue weighted by atomic mass is 16.5. The maximum absolute atomic E-state index is 13.3. The smallest absolute Gasteiger partial charge is 0.324 e. The Bertz CT molecular complexity index is 1090. The van der Waals surface area contributed by atoms with Crippen LogP contribution in [0.2, 0.25) is 0 Å². The van der Waals surface area contributed by atoms with Crippen LogP contribution in [0.4, 0.5) is 16.3 Å². The summed E-state index contributed by atoms with van der Waals surface area (Å²) in [4.78, 5) is 31.6. The summed E-state index contributed by atoms with van der Waals surface area (Å²) in [6.45, 7) is 0.530. The Kier molecular flexibility index (Phi) is 4.65. The van der Waals surface area contributed by atoms with Crippen LogP contribution in [-0.2, 0) is 4.74 Å². The third kappa shape index (κ3) is 3.19. The van der Waals surface area contributed by atoms with E-state index < -0.39 is 12.3 Å². The lowest BCUT2D eigenvalue weighted by Crippen LogP contribution is -2.38. The number of carbonyl (C=O) groups is 2. The van der Waals surface area contributed by atoms with Gasteiger partial charge in [-0.1, -0.05) is 42.5 Å². The van der Waals surface area contributed by atoms with Crippen LogP contribution in [0, 0.1) is 0 Å². The summed E-state index contributed by atoms with van der Waals surface area (Å²) in [6, 6.07) is 20.1. The molecule has 2 aliphatic heterocycles. The fourth-order valence-corrected chi connectivity index (χ4v) is 4.12. The molecule has 1 aromatic heterocycles. The number of urea groups is 1. The zero-order valence-corrected chi connectivity index (χ0v) is 16.1. The zero-order valence-electron chi connectivity index (χ0n) is 16.1. The SMILES string of the molecule is O=C(Nc1ccccn1)Nc1cccc2c1C1OCCC(c3ccccc3)N1C2=O. The first-order chi connectivity index (χ1) is 14.7. The fourth-order valence-electron chi connectivity index (χ4n) is 4.12. The average Bonchev–Trinajstić information content (AvgIpc) is 3.08. The van der Waals surface area contributed by atoms with Crippen LogP contribution < -0.4 is 10.6 Å². The molecule has 2 atom stereocenters. The van der Waals surface area contributed by atoms with E-state index in [1.54, 1.807) is 47.5 Å². The van der Waals surface area contributed by atoms with Crippen LogP contribution in [0.25, 0.3) is 0 Å². The number of pyridine rings is 1. The van der Waals surface area contributed by atoms with Gasteiger partial charge in [0, 0.05) is 17.3 Å². The van der Waals surface area contributed by atoms with Gasteiger partial charge in [0.2, 0.25) is 0 Å². The lowest BCUT2D eigenvalue weighted by atomic mass is 10.0. The van der Waals surface area contributed by atoms with Crippen molar-refractivity contribution in [3.63, 3.8) is 0 Å². The van der Waals surface area contributed by atoms with Gasteiger partial charge in [0.15, 0.2) is 6.23 Å². The lowest BCUT2D eigenvalue weighted by molar-refractivity contribution is -0.0979. The van der Waals surface area contributed by atoms with Gasteiger partial charge in [0.25, 0.3) is 5.91 Å². The van der Waals surface area contributed by atoms with E-state index in [2.05, 4.69) is 15.6 Å². The molecule has 0 aliphatic carbocycles. The largest absolute Gasteiger partial charge is 0.354 e. The number of fused-ring (bicyclic) bond motifs is 3. The molecule has 3 amide bonds. The zero-order chi connectivity index (χ0) is 20.5. The molecule has 30 heavy (non-hydrogen) atoms. The Morgan fingerprint density at radius 1 is 1.00 bits per heavy atom. The van der Waals surface area contributed by atoms with Gasteiger partial charge in [-0.05, 0) is 36.2 Å². The molecular formula is C23H20N4O3. The molecule has 1 fully saturated rings. The molecule has 2 aliphatic rings. The molecule has 0 spiro atoms. The Hall–Kier alpha value is -3.71. The van der Waals surface area contributed by atoms with Crippen molar-refractivity contribution in [1.82, 2.24) is 9.88 Å². The molecule has 7 nitrogen and oxygen atoms in total. The molecule has 2 aromatic carbocycles. The van der Waals surface area contributed by atoms with Crippen molar-refractivity contribution in [3.8, 4) is 0 Å². The molecule has 5 rings (SSSR count). The number of aromatic nitrogens is 1. The predicted molar refractivity (Wildman–Crippen MR) is 112 cm³/mol. The Morgan fingerprint density at radius 2 is 1.83 bits per heavy atom. The van der Waals surface area contributed by atoms with Crippen molar-refractivity contribution >= 4 is 23.4 Å². The van der Waals surface area contributed by atoms with Crippen LogP contribution in [0.1, 0.15) is 40.2 Å². The highest BCUT2D eigenvalue weighted by Gasteiger charge is 2.45. The molecule has 3 aromatic rings. The monoisotopic (exact) mass is 400 g/mol. The van der Waals surface area contributed by atoms with Gasteiger partial charge in [0.1, 0.15) is 5.82 Å². The second-order valence-electron chi connectivity index (χ2n) is 7.21. The fraction of sp³-hybridized carbons (Fsp3) is 0.174. The van der Waals surface area contributed by atoms with Crippen molar-refractivity contribution in [2.75, 3.05) is 17.2 Å². The summed E-state index contributed by atoms with van der Waals surface area (Å²) < 4.78 is 6.01. The normalized spacial score (nSPS) is 19.7. The first kappa shape index (κ1) is 18.3. The van der Waals surface area contributed by atoms with Gasteiger partial charge < -0.3 is 15.0 Å². The van der Waals surface area contributed by atoms with Gasteiger partial charge >= 0.3 is 6.03 Å².